The molecule has 1 heterocycles. The van der Waals surface area contributed by atoms with Crippen LogP contribution < -0.4 is 5.14 Å². The van der Waals surface area contributed by atoms with Crippen LogP contribution in [0.1, 0.15) is 16.1 Å². The topological polar surface area (TPSA) is 90.4 Å². The van der Waals surface area contributed by atoms with E-state index in [4.69, 9.17) is 21.2 Å². The first-order valence-corrected chi connectivity index (χ1v) is 8.14. The van der Waals surface area contributed by atoms with E-state index in [1.165, 1.54) is 12.1 Å². The molecule has 2 N–H and O–H groups in total. The summed E-state index contributed by atoms with van der Waals surface area (Å²) in [5.41, 5.74) is 0.707. The zero-order valence-electron chi connectivity index (χ0n) is 11.1. The fourth-order valence-corrected chi connectivity index (χ4v) is 3.17. The Morgan fingerprint density at radius 3 is 2.50 bits per heavy atom. The Labute approximate surface area is 131 Å². The van der Waals surface area contributed by atoms with E-state index in [2.05, 4.69) is 0 Å². The van der Waals surface area contributed by atoms with Crippen molar-refractivity contribution >= 4 is 38.4 Å². The molecule has 0 saturated carbocycles. The minimum atomic E-state index is -4.01. The predicted octanol–water partition coefficient (Wildman–Crippen LogP) is 2.96. The number of sulfonamides is 1. The highest BCUT2D eigenvalue weighted by Crippen LogP contribution is 2.25. The fraction of sp³-hybridized carbons (Fsp3) is 0. The number of rotatable bonds is 3. The number of halogens is 1. The first kappa shape index (κ1) is 14.8. The lowest BCUT2D eigenvalue weighted by Crippen LogP contribution is -2.14. The van der Waals surface area contributed by atoms with E-state index in [9.17, 15) is 13.2 Å². The number of carbonyl (C=O) groups is 1. The summed E-state index contributed by atoms with van der Waals surface area (Å²) in [5, 5.41) is 5.83. The minimum Gasteiger partial charge on any atom is -0.453 e. The first-order chi connectivity index (χ1) is 10.4. The van der Waals surface area contributed by atoms with E-state index in [1.807, 2.05) is 12.1 Å². The van der Waals surface area contributed by atoms with Crippen LogP contribution in [-0.2, 0) is 10.0 Å². The van der Waals surface area contributed by atoms with Crippen LogP contribution in [0.25, 0.3) is 11.0 Å². The SMILES string of the molecule is NS(=O)(=O)c1cc(C(=O)c2cc3ccccc3o2)ccc1Cl. The molecule has 1 aromatic heterocycles. The molecule has 0 bridgehead atoms. The van der Waals surface area contributed by atoms with Crippen LogP contribution in [-0.4, -0.2) is 14.2 Å². The van der Waals surface area contributed by atoms with Gasteiger partial charge in [0.05, 0.1) is 5.02 Å². The van der Waals surface area contributed by atoms with Crippen LogP contribution in [0.2, 0.25) is 5.02 Å². The van der Waals surface area contributed by atoms with Crippen molar-refractivity contribution in [3.63, 3.8) is 0 Å². The van der Waals surface area contributed by atoms with Gasteiger partial charge >= 0.3 is 0 Å². The molecule has 5 nitrogen and oxygen atoms in total. The summed E-state index contributed by atoms with van der Waals surface area (Å²) in [7, 11) is -4.01. The van der Waals surface area contributed by atoms with Crippen molar-refractivity contribution in [1.82, 2.24) is 0 Å². The molecule has 0 fully saturated rings. The summed E-state index contributed by atoms with van der Waals surface area (Å²) in [6, 6.07) is 12.7. The van der Waals surface area contributed by atoms with Crippen LogP contribution in [0.4, 0.5) is 0 Å². The highest BCUT2D eigenvalue weighted by atomic mass is 35.5. The maximum absolute atomic E-state index is 12.4. The third-order valence-corrected chi connectivity index (χ3v) is 4.54. The van der Waals surface area contributed by atoms with E-state index >= 15 is 0 Å². The number of furan rings is 1. The Bertz CT molecular complexity index is 959. The zero-order chi connectivity index (χ0) is 15.9. The molecule has 7 heteroatoms. The number of para-hydroxylation sites is 1. The number of hydrogen-bond donors (Lipinski definition) is 1. The Morgan fingerprint density at radius 2 is 1.82 bits per heavy atom. The van der Waals surface area contributed by atoms with Crippen molar-refractivity contribution in [3.8, 4) is 0 Å². The summed E-state index contributed by atoms with van der Waals surface area (Å²) in [4.78, 5) is 12.1. The molecule has 3 rings (SSSR count). The van der Waals surface area contributed by atoms with Gasteiger partial charge in [0.2, 0.25) is 15.8 Å². The lowest BCUT2D eigenvalue weighted by molar-refractivity contribution is 0.101. The van der Waals surface area contributed by atoms with Gasteiger partial charge in [-0.3, -0.25) is 4.79 Å². The average Bonchev–Trinajstić information content (AvgIpc) is 2.89. The molecule has 0 atom stereocenters. The van der Waals surface area contributed by atoms with Crippen molar-refractivity contribution in [2.24, 2.45) is 5.14 Å². The van der Waals surface area contributed by atoms with E-state index in [1.54, 1.807) is 18.2 Å². The molecular formula is C15H10ClNO4S. The van der Waals surface area contributed by atoms with Crippen LogP contribution in [0.5, 0.6) is 0 Å². The van der Waals surface area contributed by atoms with Gasteiger partial charge in [0.25, 0.3) is 0 Å². The van der Waals surface area contributed by atoms with Crippen molar-refractivity contribution in [2.75, 3.05) is 0 Å². The van der Waals surface area contributed by atoms with Gasteiger partial charge in [-0.05, 0) is 30.3 Å². The molecule has 0 unspecified atom stereocenters. The maximum atomic E-state index is 12.4. The summed E-state index contributed by atoms with van der Waals surface area (Å²) < 4.78 is 28.4. The lowest BCUT2D eigenvalue weighted by Gasteiger charge is -2.04. The van der Waals surface area contributed by atoms with E-state index in [0.29, 0.717) is 5.58 Å². The number of benzene rings is 2. The van der Waals surface area contributed by atoms with Gasteiger partial charge in [-0.15, -0.1) is 0 Å². The number of fused-ring (bicyclic) bond motifs is 1. The van der Waals surface area contributed by atoms with Crippen molar-refractivity contribution in [3.05, 3.63) is 64.9 Å². The quantitative estimate of drug-likeness (QED) is 0.745. The zero-order valence-corrected chi connectivity index (χ0v) is 12.7. The summed E-state index contributed by atoms with van der Waals surface area (Å²) >= 11 is 5.80. The second-order valence-corrected chi connectivity index (χ2v) is 6.60. The summed E-state index contributed by atoms with van der Waals surface area (Å²) in [6.07, 6.45) is 0. The molecule has 22 heavy (non-hydrogen) atoms. The Morgan fingerprint density at radius 1 is 1.09 bits per heavy atom. The van der Waals surface area contributed by atoms with E-state index in [-0.39, 0.29) is 21.2 Å². The largest absolute Gasteiger partial charge is 0.453 e. The number of hydrogen-bond acceptors (Lipinski definition) is 4. The first-order valence-electron chi connectivity index (χ1n) is 6.22. The van der Waals surface area contributed by atoms with Gasteiger partial charge < -0.3 is 4.42 Å². The molecule has 112 valence electrons. The minimum absolute atomic E-state index is 0.0383. The number of ketones is 1. The monoisotopic (exact) mass is 335 g/mol. The molecule has 2 aromatic carbocycles. The van der Waals surface area contributed by atoms with Crippen LogP contribution in [0, 0.1) is 0 Å². The van der Waals surface area contributed by atoms with Gasteiger partial charge in [-0.25, -0.2) is 13.6 Å². The summed E-state index contributed by atoms with van der Waals surface area (Å²) in [5.74, 6) is -0.332. The van der Waals surface area contributed by atoms with Crippen LogP contribution in [0.3, 0.4) is 0 Å². The highest BCUT2D eigenvalue weighted by Gasteiger charge is 2.19. The van der Waals surface area contributed by atoms with Gasteiger partial charge in [-0.1, -0.05) is 29.8 Å². The maximum Gasteiger partial charge on any atom is 0.239 e. The van der Waals surface area contributed by atoms with Gasteiger partial charge in [0.15, 0.2) is 5.76 Å². The third kappa shape index (κ3) is 2.64. The van der Waals surface area contributed by atoms with Crippen LogP contribution in [0.15, 0.2) is 57.8 Å². The Balaban J connectivity index is 2.09. The third-order valence-electron chi connectivity index (χ3n) is 3.15. The average molecular weight is 336 g/mol. The van der Waals surface area contributed by atoms with Crippen molar-refractivity contribution in [2.45, 2.75) is 4.90 Å². The Hall–Kier alpha value is -2.15. The number of nitrogens with two attached hydrogens (primary N) is 1. The standard InChI is InChI=1S/C15H10ClNO4S/c16-11-6-5-10(8-14(11)22(17,19)20)15(18)13-7-9-3-1-2-4-12(9)21-13/h1-8H,(H2,17,19,20). The number of carbonyl (C=O) groups excluding carboxylic acids is 1. The molecule has 0 radical (unpaired) electrons. The number of primary sulfonamides is 1. The molecule has 0 aliphatic rings. The molecule has 3 aromatic rings. The second-order valence-electron chi connectivity index (χ2n) is 4.67. The molecule has 0 aliphatic carbocycles. The van der Waals surface area contributed by atoms with Crippen LogP contribution >= 0.6 is 11.6 Å². The lowest BCUT2D eigenvalue weighted by atomic mass is 10.1. The molecule has 0 aliphatic heterocycles. The van der Waals surface area contributed by atoms with E-state index < -0.39 is 15.8 Å². The van der Waals surface area contributed by atoms with E-state index in [0.717, 1.165) is 11.5 Å². The predicted molar refractivity (Wildman–Crippen MR) is 82.5 cm³/mol. The van der Waals surface area contributed by atoms with Gasteiger partial charge in [0.1, 0.15) is 10.5 Å². The second kappa shape index (κ2) is 5.24. The van der Waals surface area contributed by atoms with Crippen molar-refractivity contribution in [1.29, 1.82) is 0 Å². The van der Waals surface area contributed by atoms with Gasteiger partial charge in [-0.2, -0.15) is 0 Å². The summed E-state index contributed by atoms with van der Waals surface area (Å²) in [6.45, 7) is 0. The molecule has 0 spiro atoms. The Kier molecular flexibility index (Phi) is 3.52. The normalized spacial score (nSPS) is 11.7. The fourth-order valence-electron chi connectivity index (χ4n) is 2.10. The van der Waals surface area contributed by atoms with Gasteiger partial charge in [0, 0.05) is 10.9 Å². The molecule has 0 amide bonds. The molecular weight excluding hydrogens is 326 g/mol. The smallest absolute Gasteiger partial charge is 0.239 e. The highest BCUT2D eigenvalue weighted by molar-refractivity contribution is 7.89. The van der Waals surface area contributed by atoms with Crippen molar-refractivity contribution < 1.29 is 17.6 Å². The molecule has 0 saturated heterocycles.